The molecule has 18 heavy (non-hydrogen) atoms. The Hall–Kier alpha value is -0.820. The first-order valence-electron chi connectivity index (χ1n) is 5.59. The molecule has 1 aromatic carbocycles. The molecule has 2 rings (SSSR count). The smallest absolute Gasteiger partial charge is 0.240 e. The van der Waals surface area contributed by atoms with Gasteiger partial charge in [-0.3, -0.25) is 0 Å². The molecule has 0 aliphatic carbocycles. The summed E-state index contributed by atoms with van der Waals surface area (Å²) in [5.41, 5.74) is 0. The molecular weight excluding hydrogens is 276 g/mol. The summed E-state index contributed by atoms with van der Waals surface area (Å²) >= 11 is 5.92. The number of hydrogen-bond donors (Lipinski definition) is 2. The minimum atomic E-state index is -3.52. The molecule has 1 atom stereocenters. The third kappa shape index (κ3) is 2.95. The summed E-state index contributed by atoms with van der Waals surface area (Å²) in [5, 5.41) is 3.39. The number of ether oxygens (including phenoxy) is 1. The van der Waals surface area contributed by atoms with Crippen LogP contribution in [-0.4, -0.2) is 34.7 Å². The van der Waals surface area contributed by atoms with Crippen molar-refractivity contribution in [1.82, 2.24) is 10.0 Å². The highest BCUT2D eigenvalue weighted by atomic mass is 35.5. The summed E-state index contributed by atoms with van der Waals surface area (Å²) in [7, 11) is -2.04. The first kappa shape index (κ1) is 13.6. The largest absolute Gasteiger partial charge is 0.495 e. The van der Waals surface area contributed by atoms with Crippen LogP contribution in [0, 0.1) is 0 Å². The van der Waals surface area contributed by atoms with E-state index in [4.69, 9.17) is 16.3 Å². The Balaban J connectivity index is 2.21. The van der Waals surface area contributed by atoms with E-state index in [0.717, 1.165) is 13.0 Å². The van der Waals surface area contributed by atoms with Crippen molar-refractivity contribution in [1.29, 1.82) is 0 Å². The van der Waals surface area contributed by atoms with Gasteiger partial charge in [-0.25, -0.2) is 13.1 Å². The molecular formula is C11H15ClN2O3S. The lowest BCUT2D eigenvalue weighted by atomic mass is 10.3. The maximum Gasteiger partial charge on any atom is 0.240 e. The topological polar surface area (TPSA) is 67.4 Å². The van der Waals surface area contributed by atoms with E-state index < -0.39 is 10.0 Å². The van der Waals surface area contributed by atoms with E-state index in [1.165, 1.54) is 19.2 Å². The van der Waals surface area contributed by atoms with Crippen LogP contribution in [0.5, 0.6) is 5.75 Å². The number of halogens is 1. The predicted octanol–water partition coefficient (Wildman–Crippen LogP) is 0.989. The third-order valence-electron chi connectivity index (χ3n) is 2.82. The predicted molar refractivity (Wildman–Crippen MR) is 69.6 cm³/mol. The lowest BCUT2D eigenvalue weighted by Gasteiger charge is -2.12. The van der Waals surface area contributed by atoms with Crippen molar-refractivity contribution >= 4 is 21.6 Å². The number of hydrogen-bond acceptors (Lipinski definition) is 4. The van der Waals surface area contributed by atoms with Crippen LogP contribution in [0.1, 0.15) is 6.42 Å². The fraction of sp³-hybridized carbons (Fsp3) is 0.455. The van der Waals surface area contributed by atoms with Gasteiger partial charge >= 0.3 is 0 Å². The standard InChI is InChI=1S/C11H15ClN2O3S/c1-17-11-3-2-9(6-10(11)12)18(15,16)14-8-4-5-13-7-8/h2-3,6,8,13-14H,4-5,7H2,1H3/t8-/m0/s1. The van der Waals surface area contributed by atoms with Gasteiger partial charge in [0.25, 0.3) is 0 Å². The summed E-state index contributed by atoms with van der Waals surface area (Å²) < 4.78 is 31.8. The van der Waals surface area contributed by atoms with Crippen molar-refractivity contribution in [3.8, 4) is 5.75 Å². The van der Waals surface area contributed by atoms with E-state index in [1.807, 2.05) is 0 Å². The average Bonchev–Trinajstić information content (AvgIpc) is 2.81. The maximum atomic E-state index is 12.1. The van der Waals surface area contributed by atoms with Crippen LogP contribution in [0.2, 0.25) is 5.02 Å². The lowest BCUT2D eigenvalue weighted by Crippen LogP contribution is -2.36. The molecule has 1 heterocycles. The summed E-state index contributed by atoms with van der Waals surface area (Å²) in [4.78, 5) is 0.153. The van der Waals surface area contributed by atoms with Crippen LogP contribution in [0.3, 0.4) is 0 Å². The van der Waals surface area contributed by atoms with Crippen molar-refractivity contribution in [2.75, 3.05) is 20.2 Å². The highest BCUT2D eigenvalue weighted by Crippen LogP contribution is 2.27. The van der Waals surface area contributed by atoms with Gasteiger partial charge in [0.15, 0.2) is 0 Å². The Morgan fingerprint density at radius 2 is 2.28 bits per heavy atom. The van der Waals surface area contributed by atoms with Gasteiger partial charge in [-0.1, -0.05) is 11.6 Å². The molecule has 0 bridgehead atoms. The fourth-order valence-electron chi connectivity index (χ4n) is 1.86. The number of benzene rings is 1. The summed E-state index contributed by atoms with van der Waals surface area (Å²) in [6.07, 6.45) is 0.795. The van der Waals surface area contributed by atoms with Crippen molar-refractivity contribution in [3.05, 3.63) is 23.2 Å². The van der Waals surface area contributed by atoms with Crippen LogP contribution < -0.4 is 14.8 Å². The molecule has 1 saturated heterocycles. The van der Waals surface area contributed by atoms with Gasteiger partial charge in [0.2, 0.25) is 10.0 Å². The second-order valence-electron chi connectivity index (χ2n) is 4.11. The molecule has 1 aliphatic heterocycles. The van der Waals surface area contributed by atoms with Gasteiger partial charge in [0.1, 0.15) is 5.75 Å². The van der Waals surface area contributed by atoms with Crippen LogP contribution in [0.25, 0.3) is 0 Å². The maximum absolute atomic E-state index is 12.1. The van der Waals surface area contributed by atoms with Gasteiger partial charge in [0, 0.05) is 12.6 Å². The molecule has 7 heteroatoms. The van der Waals surface area contributed by atoms with Crippen LogP contribution in [0.15, 0.2) is 23.1 Å². The molecule has 1 fully saturated rings. The van der Waals surface area contributed by atoms with E-state index in [0.29, 0.717) is 12.3 Å². The second kappa shape index (κ2) is 5.44. The SMILES string of the molecule is COc1ccc(S(=O)(=O)N[C@H]2CCNC2)cc1Cl. The van der Waals surface area contributed by atoms with E-state index in [-0.39, 0.29) is 16.0 Å². The fourth-order valence-corrected chi connectivity index (χ4v) is 3.48. The first-order chi connectivity index (χ1) is 8.53. The average molecular weight is 291 g/mol. The second-order valence-corrected chi connectivity index (χ2v) is 6.23. The first-order valence-corrected chi connectivity index (χ1v) is 7.45. The number of rotatable bonds is 4. The van der Waals surface area contributed by atoms with Crippen molar-refractivity contribution in [2.24, 2.45) is 0 Å². The molecule has 0 aromatic heterocycles. The van der Waals surface area contributed by atoms with E-state index in [9.17, 15) is 8.42 Å². The van der Waals surface area contributed by atoms with Gasteiger partial charge < -0.3 is 10.1 Å². The van der Waals surface area contributed by atoms with Gasteiger partial charge in [-0.2, -0.15) is 0 Å². The molecule has 100 valence electrons. The van der Waals surface area contributed by atoms with E-state index >= 15 is 0 Å². The Labute approximate surface area is 112 Å². The van der Waals surface area contributed by atoms with Crippen molar-refractivity contribution < 1.29 is 13.2 Å². The molecule has 0 spiro atoms. The molecule has 0 unspecified atom stereocenters. The van der Waals surface area contributed by atoms with Crippen LogP contribution in [-0.2, 0) is 10.0 Å². The van der Waals surface area contributed by atoms with Gasteiger partial charge in [-0.15, -0.1) is 0 Å². The molecule has 5 nitrogen and oxygen atoms in total. The number of sulfonamides is 1. The summed E-state index contributed by atoms with van der Waals surface area (Å²) in [5.74, 6) is 0.457. The van der Waals surface area contributed by atoms with Gasteiger partial charge in [-0.05, 0) is 31.2 Å². The summed E-state index contributed by atoms with van der Waals surface area (Å²) in [6, 6.07) is 4.36. The molecule has 2 N–H and O–H groups in total. The highest BCUT2D eigenvalue weighted by molar-refractivity contribution is 7.89. The zero-order chi connectivity index (χ0) is 13.2. The highest BCUT2D eigenvalue weighted by Gasteiger charge is 2.23. The zero-order valence-electron chi connectivity index (χ0n) is 9.94. The molecule has 0 amide bonds. The van der Waals surface area contributed by atoms with Crippen LogP contribution in [0.4, 0.5) is 0 Å². The Morgan fingerprint density at radius 1 is 1.50 bits per heavy atom. The molecule has 1 aromatic rings. The van der Waals surface area contributed by atoms with Crippen LogP contribution >= 0.6 is 11.6 Å². The van der Waals surface area contributed by atoms with E-state index in [2.05, 4.69) is 10.0 Å². The zero-order valence-corrected chi connectivity index (χ0v) is 11.5. The Morgan fingerprint density at radius 3 is 2.83 bits per heavy atom. The Bertz CT molecular complexity index is 527. The van der Waals surface area contributed by atoms with Crippen molar-refractivity contribution in [3.63, 3.8) is 0 Å². The van der Waals surface area contributed by atoms with E-state index in [1.54, 1.807) is 6.07 Å². The monoisotopic (exact) mass is 290 g/mol. The number of nitrogens with one attached hydrogen (secondary N) is 2. The Kier molecular flexibility index (Phi) is 4.11. The summed E-state index contributed by atoms with van der Waals surface area (Å²) in [6.45, 7) is 1.49. The lowest BCUT2D eigenvalue weighted by molar-refractivity contribution is 0.414. The number of methoxy groups -OCH3 is 1. The normalized spacial score (nSPS) is 20.0. The van der Waals surface area contributed by atoms with Gasteiger partial charge in [0.05, 0.1) is 17.0 Å². The quantitative estimate of drug-likeness (QED) is 0.868. The third-order valence-corrected chi connectivity index (χ3v) is 4.63. The van der Waals surface area contributed by atoms with Crippen molar-refractivity contribution in [2.45, 2.75) is 17.4 Å². The minimum Gasteiger partial charge on any atom is -0.495 e. The minimum absolute atomic E-state index is 0.0594. The molecule has 0 saturated carbocycles. The molecule has 1 aliphatic rings. The molecule has 0 radical (unpaired) electrons.